The first kappa shape index (κ1) is 18.3. The van der Waals surface area contributed by atoms with Crippen LogP contribution in [0.2, 0.25) is 0 Å². The van der Waals surface area contributed by atoms with Crippen LogP contribution < -0.4 is 5.43 Å². The van der Waals surface area contributed by atoms with E-state index in [9.17, 15) is 4.79 Å². The summed E-state index contributed by atoms with van der Waals surface area (Å²) in [5, 5.41) is 4.58. The minimum absolute atomic E-state index is 0.111. The third-order valence-corrected chi connectivity index (χ3v) is 3.18. The Morgan fingerprint density at radius 2 is 2.24 bits per heavy atom. The molecule has 0 amide bonds. The molecule has 1 aromatic heterocycles. The molecule has 1 aromatic rings. The van der Waals surface area contributed by atoms with Crippen LogP contribution in [0.15, 0.2) is 70.0 Å². The maximum Gasteiger partial charge on any atom is 0.377 e. The summed E-state index contributed by atoms with van der Waals surface area (Å²) >= 11 is 6.05. The van der Waals surface area contributed by atoms with Crippen LogP contribution >= 0.6 is 11.6 Å². The summed E-state index contributed by atoms with van der Waals surface area (Å²) in [6.07, 6.45) is 6.40. The van der Waals surface area contributed by atoms with E-state index in [2.05, 4.69) is 26.1 Å². The van der Waals surface area contributed by atoms with Gasteiger partial charge in [-0.3, -0.25) is 5.43 Å². The number of rotatable bonds is 6. The van der Waals surface area contributed by atoms with E-state index in [4.69, 9.17) is 21.1 Å². The van der Waals surface area contributed by atoms with Crippen molar-refractivity contribution in [1.29, 1.82) is 0 Å². The molecule has 0 saturated carbocycles. The van der Waals surface area contributed by atoms with Gasteiger partial charge in [0.15, 0.2) is 0 Å². The van der Waals surface area contributed by atoms with Gasteiger partial charge in [0.1, 0.15) is 17.8 Å². The number of carbonyl (C=O) groups is 1. The summed E-state index contributed by atoms with van der Waals surface area (Å²) in [6, 6.07) is 5.38. The molecular weight excluding hydrogens is 346 g/mol. The van der Waals surface area contributed by atoms with Gasteiger partial charge in [-0.05, 0) is 24.3 Å². The number of aromatic nitrogens is 1. The smallest absolute Gasteiger partial charge is 0.377 e. The average Bonchev–Trinajstić information content (AvgIpc) is 2.63. The highest BCUT2D eigenvalue weighted by atomic mass is 35.5. The fourth-order valence-electron chi connectivity index (χ4n) is 1.79. The molecule has 0 bridgehead atoms. The van der Waals surface area contributed by atoms with Crippen LogP contribution in [0.5, 0.6) is 0 Å². The van der Waals surface area contributed by atoms with Crippen LogP contribution in [-0.4, -0.2) is 31.0 Å². The average molecular weight is 362 g/mol. The molecule has 0 unspecified atom stereocenters. The minimum atomic E-state index is -0.675. The molecule has 1 N–H and O–H groups in total. The molecule has 0 radical (unpaired) electrons. The first-order valence-electron chi connectivity index (χ1n) is 7.18. The lowest BCUT2D eigenvalue weighted by molar-refractivity contribution is -0.139. The second kappa shape index (κ2) is 9.32. The van der Waals surface area contributed by atoms with Gasteiger partial charge in [-0.1, -0.05) is 17.7 Å². The number of methoxy groups -OCH3 is 2. The van der Waals surface area contributed by atoms with Crippen molar-refractivity contribution in [3.8, 4) is 0 Å². The van der Waals surface area contributed by atoms with Gasteiger partial charge in [-0.25, -0.2) is 9.78 Å². The fraction of sp³-hybridized carbons (Fsp3) is 0.176. The summed E-state index contributed by atoms with van der Waals surface area (Å²) in [4.78, 5) is 15.8. The molecule has 0 aliphatic heterocycles. The van der Waals surface area contributed by atoms with E-state index in [0.717, 1.165) is 6.26 Å². The Kier molecular flexibility index (Phi) is 6.83. The highest BCUT2D eigenvalue weighted by Gasteiger charge is 2.19. The third-order valence-electron chi connectivity index (χ3n) is 2.92. The molecule has 1 heterocycles. The Morgan fingerprint density at radius 1 is 1.40 bits per heavy atom. The van der Waals surface area contributed by atoms with Crippen LogP contribution in [0.1, 0.15) is 6.42 Å². The number of carbonyl (C=O) groups excluding carboxylic acids is 1. The van der Waals surface area contributed by atoms with Crippen LogP contribution in [0, 0.1) is 0 Å². The first-order chi connectivity index (χ1) is 12.1. The normalized spacial score (nSPS) is 13.9. The van der Waals surface area contributed by atoms with Gasteiger partial charge in [0.25, 0.3) is 0 Å². The Bertz CT molecular complexity index is 778. The zero-order chi connectivity index (χ0) is 18.1. The van der Waals surface area contributed by atoms with Gasteiger partial charge in [-0.15, -0.1) is 5.10 Å². The van der Waals surface area contributed by atoms with E-state index in [-0.39, 0.29) is 5.76 Å². The lowest BCUT2D eigenvalue weighted by Gasteiger charge is -2.15. The predicted octanol–water partition coefficient (Wildman–Crippen LogP) is 3.09. The fourth-order valence-corrected chi connectivity index (χ4v) is 1.99. The summed E-state index contributed by atoms with van der Waals surface area (Å²) in [5.74, 6) is 2.94. The summed E-state index contributed by atoms with van der Waals surface area (Å²) in [7, 11) is 2.64. The van der Waals surface area contributed by atoms with Crippen LogP contribution in [0.4, 0.5) is 5.82 Å². The molecule has 25 heavy (non-hydrogen) atoms. The van der Waals surface area contributed by atoms with Crippen LogP contribution in [0.25, 0.3) is 0 Å². The maximum atomic E-state index is 11.7. The number of anilines is 1. The number of nitrogens with one attached hydrogen (secondary N) is 1. The molecule has 8 heteroatoms. The number of hydrogen-bond donors (Lipinski definition) is 1. The predicted molar refractivity (Wildman–Crippen MR) is 93.6 cm³/mol. The highest BCUT2D eigenvalue weighted by molar-refractivity contribution is 6.30. The third kappa shape index (κ3) is 5.53. The SMILES string of the molecule is COC=C(OC1=CC=C(Cl)CC1=C=NNc1ccccn1)C(=O)OC. The number of hydrogen-bond acceptors (Lipinski definition) is 7. The number of pyridine rings is 1. The van der Waals surface area contributed by atoms with Crippen LogP contribution in [-0.2, 0) is 19.0 Å². The van der Waals surface area contributed by atoms with Crippen molar-refractivity contribution in [1.82, 2.24) is 4.98 Å². The molecule has 2 rings (SSSR count). The Morgan fingerprint density at radius 3 is 2.92 bits per heavy atom. The summed E-state index contributed by atoms with van der Waals surface area (Å²) in [6.45, 7) is 0. The number of ether oxygens (including phenoxy) is 3. The lowest BCUT2D eigenvalue weighted by Crippen LogP contribution is -2.11. The van der Waals surface area contributed by atoms with Crippen molar-refractivity contribution >= 4 is 29.3 Å². The highest BCUT2D eigenvalue weighted by Crippen LogP contribution is 2.27. The molecule has 0 atom stereocenters. The Hall–Kier alpha value is -3.02. The molecule has 0 spiro atoms. The lowest BCUT2D eigenvalue weighted by atomic mass is 10.1. The molecule has 7 nitrogen and oxygen atoms in total. The summed E-state index contributed by atoms with van der Waals surface area (Å²) in [5.41, 5.74) is 3.29. The van der Waals surface area contributed by atoms with Gasteiger partial charge < -0.3 is 14.2 Å². The van der Waals surface area contributed by atoms with Gasteiger partial charge in [-0.2, -0.15) is 0 Å². The second-order valence-corrected chi connectivity index (χ2v) is 5.15. The molecule has 1 aliphatic rings. The van der Waals surface area contributed by atoms with E-state index >= 15 is 0 Å². The molecular formula is C17H16ClN3O4. The molecule has 0 aromatic carbocycles. The standard InChI is InChI=1S/C17H16ClN3O4/c1-23-11-15(17(22)24-2)25-14-7-6-13(18)9-12(14)10-20-21-16-5-3-4-8-19-16/h3-8,11H,9H2,1-2H3,(H,19,21). The van der Waals surface area contributed by atoms with Crippen molar-refractivity contribution in [2.75, 3.05) is 19.6 Å². The van der Waals surface area contributed by atoms with Crippen molar-refractivity contribution < 1.29 is 19.0 Å². The van der Waals surface area contributed by atoms with Gasteiger partial charge >= 0.3 is 5.97 Å². The van der Waals surface area contributed by atoms with E-state index in [1.54, 1.807) is 30.5 Å². The Balaban J connectivity index is 2.22. The number of nitrogens with zero attached hydrogens (tertiary/aromatic N) is 2. The molecule has 1 aliphatic carbocycles. The number of allylic oxidation sites excluding steroid dienone is 4. The van der Waals surface area contributed by atoms with Crippen molar-refractivity contribution in [3.05, 3.63) is 64.9 Å². The van der Waals surface area contributed by atoms with Gasteiger partial charge in [0.05, 0.1) is 19.8 Å². The largest absolute Gasteiger partial charge is 0.500 e. The molecule has 0 fully saturated rings. The number of hydrazone groups is 1. The quantitative estimate of drug-likeness (QED) is 0.276. The van der Waals surface area contributed by atoms with Crippen molar-refractivity contribution in [2.24, 2.45) is 5.10 Å². The second-order valence-electron chi connectivity index (χ2n) is 4.66. The van der Waals surface area contributed by atoms with Crippen molar-refractivity contribution in [3.63, 3.8) is 0 Å². The first-order valence-corrected chi connectivity index (χ1v) is 7.56. The topological polar surface area (TPSA) is 82.0 Å². The van der Waals surface area contributed by atoms with E-state index in [0.29, 0.717) is 28.6 Å². The van der Waals surface area contributed by atoms with Crippen molar-refractivity contribution in [2.45, 2.75) is 6.42 Å². The zero-order valence-electron chi connectivity index (χ0n) is 13.7. The maximum absolute atomic E-state index is 11.7. The van der Waals surface area contributed by atoms with Crippen LogP contribution in [0.3, 0.4) is 0 Å². The van der Waals surface area contributed by atoms with Gasteiger partial charge in [0.2, 0.25) is 5.76 Å². The Labute approximate surface area is 149 Å². The van der Waals surface area contributed by atoms with E-state index in [1.807, 2.05) is 6.07 Å². The monoisotopic (exact) mass is 361 g/mol. The number of esters is 1. The van der Waals surface area contributed by atoms with E-state index < -0.39 is 5.97 Å². The zero-order valence-corrected chi connectivity index (χ0v) is 14.4. The van der Waals surface area contributed by atoms with Gasteiger partial charge in [0, 0.05) is 23.5 Å². The molecule has 0 saturated heterocycles. The molecule has 130 valence electrons. The summed E-state index contributed by atoms with van der Waals surface area (Å²) < 4.78 is 15.0. The van der Waals surface area contributed by atoms with E-state index in [1.165, 1.54) is 14.2 Å². The number of halogens is 1. The minimum Gasteiger partial charge on any atom is -0.500 e.